The summed E-state index contributed by atoms with van der Waals surface area (Å²) >= 11 is 0. The van der Waals surface area contributed by atoms with Gasteiger partial charge in [-0.3, -0.25) is 0 Å². The lowest BCUT2D eigenvalue weighted by molar-refractivity contribution is -0.313. The third-order valence-corrected chi connectivity index (χ3v) is 10.7. The first kappa shape index (κ1) is 23.9. The molecule has 0 amide bonds. The van der Waals surface area contributed by atoms with Crippen LogP contribution in [0.2, 0.25) is 0 Å². The minimum Gasteiger partial charge on any atom is -0.479 e. The molecule has 5 aliphatic rings. The predicted octanol–water partition coefficient (Wildman–Crippen LogP) is 1.67. The molecule has 8 nitrogen and oxygen atoms in total. The molecule has 0 radical (unpaired) electrons. The Hall–Kier alpha value is -0.770. The molecule has 5 fully saturated rings. The van der Waals surface area contributed by atoms with E-state index in [1.165, 1.54) is 12.8 Å². The van der Waals surface area contributed by atoms with Crippen LogP contribution in [0.25, 0.3) is 0 Å². The summed E-state index contributed by atoms with van der Waals surface area (Å²) in [6, 6.07) is 0. The molecule has 5 rings (SSSR count). The molecule has 1 aliphatic heterocycles. The molecule has 4 aliphatic carbocycles. The fourth-order valence-corrected chi connectivity index (χ4v) is 8.74. The van der Waals surface area contributed by atoms with Crippen molar-refractivity contribution in [3.63, 3.8) is 0 Å². The Balaban J connectivity index is 1.32. The minimum atomic E-state index is -1.70. The average molecular weight is 469 g/mol. The zero-order valence-corrected chi connectivity index (χ0v) is 19.7. The van der Waals surface area contributed by atoms with Crippen LogP contribution in [0, 0.1) is 34.5 Å². The van der Waals surface area contributed by atoms with Gasteiger partial charge in [-0.2, -0.15) is 0 Å². The Morgan fingerprint density at radius 1 is 0.848 bits per heavy atom. The number of fused-ring (bicyclic) bond motifs is 5. The summed E-state index contributed by atoms with van der Waals surface area (Å²) in [4.78, 5) is 11.5. The Labute approximate surface area is 195 Å². The van der Waals surface area contributed by atoms with Gasteiger partial charge >= 0.3 is 5.97 Å². The summed E-state index contributed by atoms with van der Waals surface area (Å²) in [5.74, 6) is 0.987. The fourth-order valence-electron chi connectivity index (χ4n) is 8.74. The topological polar surface area (TPSA) is 137 Å². The van der Waals surface area contributed by atoms with E-state index in [0.29, 0.717) is 29.1 Å². The number of aliphatic hydroxyl groups excluding tert-OH is 4. The molecule has 5 unspecified atom stereocenters. The standard InChI is InChI=1S/C25H40O8/c1-24-9-7-13(26)11-12(24)3-4-14-15-5-6-17(25(15,2)10-8-16(14)24)32-23-20(29)18(27)19(28)21(33-23)22(30)31/h12-21,23,26-29H,3-11H2,1-2H3,(H,30,31)/t12-,13+,14-,15-,16-,17-,18?,19?,20?,21?,23?,24-,25-/m0/s1. The molecule has 0 spiro atoms. The number of carboxylic acid groups (broad SMARTS) is 1. The van der Waals surface area contributed by atoms with Crippen LogP contribution in [0.4, 0.5) is 0 Å². The molecule has 8 heteroatoms. The smallest absolute Gasteiger partial charge is 0.335 e. The van der Waals surface area contributed by atoms with E-state index in [2.05, 4.69) is 13.8 Å². The number of ether oxygens (including phenoxy) is 2. The van der Waals surface area contributed by atoms with Crippen LogP contribution in [0.15, 0.2) is 0 Å². The van der Waals surface area contributed by atoms with Gasteiger partial charge in [-0.25, -0.2) is 4.79 Å². The Bertz CT molecular complexity index is 761. The third kappa shape index (κ3) is 3.67. The minimum absolute atomic E-state index is 0.0959. The van der Waals surface area contributed by atoms with Gasteiger partial charge in [0, 0.05) is 0 Å². The van der Waals surface area contributed by atoms with E-state index in [-0.39, 0.29) is 17.6 Å². The molecule has 0 aromatic rings. The lowest BCUT2D eigenvalue weighted by Gasteiger charge is -2.61. The van der Waals surface area contributed by atoms with Crippen molar-refractivity contribution in [2.45, 2.75) is 115 Å². The molecule has 1 saturated heterocycles. The molecule has 0 aromatic heterocycles. The SMILES string of the molecule is C[C@]12CC[C@@H](O)C[C@@H]1CC[C@@H]1[C@@H]2CC[C@]2(C)[C@@H](OC3OC(C(=O)O)C(O)C(O)C3O)CC[C@@H]12. The van der Waals surface area contributed by atoms with E-state index in [1.54, 1.807) is 0 Å². The van der Waals surface area contributed by atoms with Crippen molar-refractivity contribution in [3.8, 4) is 0 Å². The molecule has 33 heavy (non-hydrogen) atoms. The highest BCUT2D eigenvalue weighted by molar-refractivity contribution is 5.73. The second-order valence-electron chi connectivity index (χ2n) is 12.1. The highest BCUT2D eigenvalue weighted by Gasteiger charge is 2.61. The number of hydrogen-bond donors (Lipinski definition) is 5. The molecule has 0 bridgehead atoms. The van der Waals surface area contributed by atoms with Crippen molar-refractivity contribution >= 4 is 5.97 Å². The Morgan fingerprint density at radius 3 is 2.27 bits per heavy atom. The average Bonchev–Trinajstić information content (AvgIpc) is 3.10. The molecule has 1 heterocycles. The van der Waals surface area contributed by atoms with Gasteiger partial charge in [0.2, 0.25) is 0 Å². The third-order valence-electron chi connectivity index (χ3n) is 10.7. The lowest BCUT2D eigenvalue weighted by atomic mass is 9.45. The second-order valence-corrected chi connectivity index (χ2v) is 12.1. The van der Waals surface area contributed by atoms with Crippen molar-refractivity contribution < 1.29 is 39.8 Å². The number of rotatable bonds is 3. The Kier molecular flexibility index (Phi) is 6.11. The van der Waals surface area contributed by atoms with Crippen LogP contribution in [0.5, 0.6) is 0 Å². The molecule has 13 atom stereocenters. The van der Waals surface area contributed by atoms with Gasteiger partial charge in [-0.05, 0) is 92.3 Å². The maximum atomic E-state index is 11.5. The summed E-state index contributed by atoms with van der Waals surface area (Å²) in [7, 11) is 0. The lowest BCUT2D eigenvalue weighted by Crippen LogP contribution is -2.61. The van der Waals surface area contributed by atoms with Crippen LogP contribution in [-0.4, -0.2) is 74.4 Å². The molecule has 0 aromatic carbocycles. The van der Waals surface area contributed by atoms with E-state index in [0.717, 1.165) is 44.9 Å². The van der Waals surface area contributed by atoms with Gasteiger partial charge < -0.3 is 35.0 Å². The van der Waals surface area contributed by atoms with Crippen LogP contribution in [0.1, 0.15) is 71.6 Å². The highest BCUT2D eigenvalue weighted by Crippen LogP contribution is 2.66. The molecule has 188 valence electrons. The number of carboxylic acids is 1. The number of carbonyl (C=O) groups is 1. The van der Waals surface area contributed by atoms with E-state index < -0.39 is 36.7 Å². The zero-order valence-electron chi connectivity index (χ0n) is 19.7. The van der Waals surface area contributed by atoms with Gasteiger partial charge in [-0.15, -0.1) is 0 Å². The maximum Gasteiger partial charge on any atom is 0.335 e. The van der Waals surface area contributed by atoms with Crippen molar-refractivity contribution in [2.24, 2.45) is 34.5 Å². The van der Waals surface area contributed by atoms with Crippen LogP contribution in [-0.2, 0) is 14.3 Å². The number of hydrogen-bond acceptors (Lipinski definition) is 7. The first-order valence-corrected chi connectivity index (χ1v) is 12.8. The van der Waals surface area contributed by atoms with E-state index in [1.807, 2.05) is 0 Å². The maximum absolute atomic E-state index is 11.5. The van der Waals surface area contributed by atoms with E-state index in [9.17, 15) is 30.3 Å². The quantitative estimate of drug-likeness (QED) is 0.422. The van der Waals surface area contributed by atoms with Gasteiger partial charge in [0.1, 0.15) is 18.3 Å². The summed E-state index contributed by atoms with van der Waals surface area (Å²) in [5.41, 5.74) is 0.196. The first-order valence-electron chi connectivity index (χ1n) is 12.8. The first-order chi connectivity index (χ1) is 15.6. The molecular weight excluding hydrogens is 428 g/mol. The Morgan fingerprint density at radius 2 is 1.55 bits per heavy atom. The van der Waals surface area contributed by atoms with Crippen molar-refractivity contribution in [1.29, 1.82) is 0 Å². The van der Waals surface area contributed by atoms with Crippen LogP contribution in [0.3, 0.4) is 0 Å². The van der Waals surface area contributed by atoms with Gasteiger partial charge in [0.15, 0.2) is 12.4 Å². The summed E-state index contributed by atoms with van der Waals surface area (Å²) < 4.78 is 11.6. The summed E-state index contributed by atoms with van der Waals surface area (Å²) in [6.45, 7) is 4.72. The fraction of sp³-hybridized carbons (Fsp3) is 0.960. The molecule has 4 saturated carbocycles. The number of aliphatic carboxylic acids is 1. The predicted molar refractivity (Wildman–Crippen MR) is 117 cm³/mol. The van der Waals surface area contributed by atoms with Crippen molar-refractivity contribution in [2.75, 3.05) is 0 Å². The van der Waals surface area contributed by atoms with Crippen LogP contribution >= 0.6 is 0 Å². The van der Waals surface area contributed by atoms with Crippen molar-refractivity contribution in [3.05, 3.63) is 0 Å². The summed E-state index contributed by atoms with van der Waals surface area (Å²) in [6.07, 6.45) is 1.15. The van der Waals surface area contributed by atoms with Gasteiger partial charge in [0.05, 0.1) is 12.2 Å². The highest BCUT2D eigenvalue weighted by atomic mass is 16.7. The van der Waals surface area contributed by atoms with Crippen molar-refractivity contribution in [1.82, 2.24) is 0 Å². The van der Waals surface area contributed by atoms with Gasteiger partial charge in [0.25, 0.3) is 0 Å². The largest absolute Gasteiger partial charge is 0.479 e. The monoisotopic (exact) mass is 468 g/mol. The van der Waals surface area contributed by atoms with Gasteiger partial charge in [-0.1, -0.05) is 13.8 Å². The normalized spacial score (nSPS) is 56.5. The second kappa shape index (κ2) is 8.42. The summed E-state index contributed by atoms with van der Waals surface area (Å²) in [5, 5.41) is 50.2. The van der Waals surface area contributed by atoms with E-state index in [4.69, 9.17) is 9.47 Å². The molecule has 5 N–H and O–H groups in total. The zero-order chi connectivity index (χ0) is 23.7. The van der Waals surface area contributed by atoms with Crippen LogP contribution < -0.4 is 0 Å². The molecular formula is C25H40O8. The number of aliphatic hydroxyl groups is 4. The van der Waals surface area contributed by atoms with E-state index >= 15 is 0 Å².